The van der Waals surface area contributed by atoms with Gasteiger partial charge in [0.05, 0.1) is 23.9 Å². The van der Waals surface area contributed by atoms with Crippen molar-refractivity contribution in [2.24, 2.45) is 5.10 Å². The van der Waals surface area contributed by atoms with Gasteiger partial charge in [-0.05, 0) is 73.2 Å². The average Bonchev–Trinajstić information content (AvgIpc) is 2.75. The van der Waals surface area contributed by atoms with Crippen molar-refractivity contribution in [2.75, 3.05) is 6.61 Å². The maximum Gasteiger partial charge on any atom is 0.343 e. The summed E-state index contributed by atoms with van der Waals surface area (Å²) < 4.78 is 10.7. The Morgan fingerprint density at radius 3 is 2.29 bits per heavy atom. The zero-order valence-corrected chi connectivity index (χ0v) is 16.6. The van der Waals surface area contributed by atoms with E-state index in [2.05, 4.69) is 10.5 Å². The molecule has 3 aromatic carbocycles. The summed E-state index contributed by atoms with van der Waals surface area (Å²) in [4.78, 5) is 24.2. The predicted molar refractivity (Wildman–Crippen MR) is 114 cm³/mol. The molecule has 0 saturated heterocycles. The van der Waals surface area contributed by atoms with Gasteiger partial charge in [0.15, 0.2) is 0 Å². The third-order valence-electron chi connectivity index (χ3n) is 4.10. The van der Waals surface area contributed by atoms with Crippen molar-refractivity contribution in [2.45, 2.75) is 6.92 Å². The number of nitrogens with zero attached hydrogens (tertiary/aromatic N) is 1. The lowest BCUT2D eigenvalue weighted by Crippen LogP contribution is -2.17. The summed E-state index contributed by atoms with van der Waals surface area (Å²) in [5, 5.41) is 22.8. The number of amides is 1. The second-order valence-corrected chi connectivity index (χ2v) is 6.32. The number of hydrogen-bond acceptors (Lipinski definition) is 7. The van der Waals surface area contributed by atoms with Gasteiger partial charge in [-0.1, -0.05) is 0 Å². The second-order valence-electron chi connectivity index (χ2n) is 6.32. The molecule has 0 aliphatic heterocycles. The molecule has 31 heavy (non-hydrogen) atoms. The highest BCUT2D eigenvalue weighted by molar-refractivity contribution is 5.97. The van der Waals surface area contributed by atoms with Crippen molar-refractivity contribution >= 4 is 18.1 Å². The molecule has 3 N–H and O–H groups in total. The Kier molecular flexibility index (Phi) is 6.85. The lowest BCUT2D eigenvalue weighted by Gasteiger charge is -2.06. The minimum atomic E-state index is -0.630. The molecule has 3 aromatic rings. The number of benzene rings is 3. The van der Waals surface area contributed by atoms with Crippen LogP contribution in [0.3, 0.4) is 0 Å². The molecule has 0 aliphatic carbocycles. The molecule has 0 bridgehead atoms. The first-order valence-electron chi connectivity index (χ1n) is 9.36. The monoisotopic (exact) mass is 420 g/mol. The number of phenols is 2. The third-order valence-corrected chi connectivity index (χ3v) is 4.10. The van der Waals surface area contributed by atoms with E-state index in [1.165, 1.54) is 18.3 Å². The SMILES string of the molecule is CCOc1ccc(C(=O)Oc2ccc(/C=N/NC(=O)c3ccc(O)cc3O)cc2)cc1. The third kappa shape index (κ3) is 5.83. The molecule has 0 heterocycles. The minimum Gasteiger partial charge on any atom is -0.508 e. The van der Waals surface area contributed by atoms with Crippen LogP contribution in [0.4, 0.5) is 0 Å². The number of hydrogen-bond donors (Lipinski definition) is 3. The number of nitrogens with one attached hydrogen (secondary N) is 1. The highest BCUT2D eigenvalue weighted by atomic mass is 16.5. The molecule has 0 unspecified atom stereocenters. The van der Waals surface area contributed by atoms with E-state index >= 15 is 0 Å². The highest BCUT2D eigenvalue weighted by Crippen LogP contribution is 2.22. The fraction of sp³-hybridized carbons (Fsp3) is 0.0870. The lowest BCUT2D eigenvalue weighted by molar-refractivity contribution is 0.0734. The minimum absolute atomic E-state index is 0.0218. The van der Waals surface area contributed by atoms with E-state index in [0.717, 1.165) is 6.07 Å². The summed E-state index contributed by atoms with van der Waals surface area (Å²) in [5.41, 5.74) is 3.31. The smallest absolute Gasteiger partial charge is 0.343 e. The van der Waals surface area contributed by atoms with Crippen LogP contribution < -0.4 is 14.9 Å². The molecule has 0 aromatic heterocycles. The molecule has 0 atom stereocenters. The number of esters is 1. The van der Waals surface area contributed by atoms with Crippen molar-refractivity contribution in [3.05, 3.63) is 83.4 Å². The maximum atomic E-state index is 12.2. The van der Waals surface area contributed by atoms with E-state index in [-0.39, 0.29) is 17.1 Å². The zero-order valence-electron chi connectivity index (χ0n) is 16.6. The number of hydrazone groups is 1. The number of aromatic hydroxyl groups is 2. The topological polar surface area (TPSA) is 117 Å². The van der Waals surface area contributed by atoms with Crippen molar-refractivity contribution in [1.82, 2.24) is 5.43 Å². The van der Waals surface area contributed by atoms with Crippen molar-refractivity contribution < 1.29 is 29.3 Å². The van der Waals surface area contributed by atoms with Gasteiger partial charge >= 0.3 is 5.97 Å². The Morgan fingerprint density at radius 1 is 0.968 bits per heavy atom. The highest BCUT2D eigenvalue weighted by Gasteiger charge is 2.11. The van der Waals surface area contributed by atoms with Crippen molar-refractivity contribution in [3.8, 4) is 23.0 Å². The van der Waals surface area contributed by atoms with Gasteiger partial charge in [-0.3, -0.25) is 4.79 Å². The van der Waals surface area contributed by atoms with Crippen LogP contribution in [0.15, 0.2) is 71.8 Å². The first-order chi connectivity index (χ1) is 15.0. The van der Waals surface area contributed by atoms with E-state index in [9.17, 15) is 19.8 Å². The van der Waals surface area contributed by atoms with Crippen LogP contribution in [0.2, 0.25) is 0 Å². The molecule has 0 fully saturated rings. The molecule has 3 rings (SSSR count). The Hall–Kier alpha value is -4.33. The lowest BCUT2D eigenvalue weighted by atomic mass is 10.2. The summed E-state index contributed by atoms with van der Waals surface area (Å²) in [6, 6.07) is 16.8. The Balaban J connectivity index is 1.55. The van der Waals surface area contributed by atoms with Crippen LogP contribution >= 0.6 is 0 Å². The second kappa shape index (κ2) is 9.93. The summed E-state index contributed by atoms with van der Waals surface area (Å²) in [5.74, 6) is -0.600. The van der Waals surface area contributed by atoms with E-state index < -0.39 is 11.9 Å². The van der Waals surface area contributed by atoms with Crippen LogP contribution in [-0.2, 0) is 0 Å². The molecular formula is C23H20N2O6. The Bertz CT molecular complexity index is 1090. The number of carbonyl (C=O) groups excluding carboxylic acids is 2. The van der Waals surface area contributed by atoms with Gasteiger partial charge in [0.25, 0.3) is 5.91 Å². The van der Waals surface area contributed by atoms with Gasteiger partial charge < -0.3 is 19.7 Å². The summed E-state index contributed by atoms with van der Waals surface area (Å²) in [6.45, 7) is 2.42. The van der Waals surface area contributed by atoms with Crippen LogP contribution in [-0.4, -0.2) is 34.9 Å². The van der Waals surface area contributed by atoms with E-state index in [4.69, 9.17) is 9.47 Å². The van der Waals surface area contributed by atoms with Crippen LogP contribution in [0.5, 0.6) is 23.0 Å². The van der Waals surface area contributed by atoms with Crippen molar-refractivity contribution in [3.63, 3.8) is 0 Å². The van der Waals surface area contributed by atoms with Crippen LogP contribution in [0.1, 0.15) is 33.2 Å². The van der Waals surface area contributed by atoms with E-state index in [0.29, 0.717) is 29.2 Å². The van der Waals surface area contributed by atoms with Gasteiger partial charge in [0, 0.05) is 6.07 Å². The van der Waals surface area contributed by atoms with Gasteiger partial charge in [0.1, 0.15) is 23.0 Å². The molecule has 0 aliphatic rings. The number of carbonyl (C=O) groups is 2. The van der Waals surface area contributed by atoms with Crippen molar-refractivity contribution in [1.29, 1.82) is 0 Å². The normalized spacial score (nSPS) is 10.6. The van der Waals surface area contributed by atoms with E-state index in [1.54, 1.807) is 48.5 Å². The number of ether oxygens (including phenoxy) is 2. The average molecular weight is 420 g/mol. The summed E-state index contributed by atoms with van der Waals surface area (Å²) in [6.07, 6.45) is 1.40. The quantitative estimate of drug-likeness (QED) is 0.233. The largest absolute Gasteiger partial charge is 0.508 e. The van der Waals surface area contributed by atoms with E-state index in [1.807, 2.05) is 6.92 Å². The molecule has 8 nitrogen and oxygen atoms in total. The predicted octanol–water partition coefficient (Wildman–Crippen LogP) is 3.48. The van der Waals surface area contributed by atoms with Gasteiger partial charge in [0.2, 0.25) is 0 Å². The first-order valence-corrected chi connectivity index (χ1v) is 9.36. The molecule has 0 saturated carbocycles. The Labute approximate surface area is 178 Å². The maximum absolute atomic E-state index is 12.2. The molecular weight excluding hydrogens is 400 g/mol. The molecule has 0 radical (unpaired) electrons. The number of phenolic OH excluding ortho intramolecular Hbond substituents is 2. The first kappa shape index (κ1) is 21.4. The zero-order chi connectivity index (χ0) is 22.2. The molecule has 1 amide bonds. The summed E-state index contributed by atoms with van der Waals surface area (Å²) in [7, 11) is 0. The van der Waals surface area contributed by atoms with Gasteiger partial charge in [-0.25, -0.2) is 10.2 Å². The van der Waals surface area contributed by atoms with Crippen LogP contribution in [0.25, 0.3) is 0 Å². The van der Waals surface area contributed by atoms with Gasteiger partial charge in [-0.15, -0.1) is 0 Å². The summed E-state index contributed by atoms with van der Waals surface area (Å²) >= 11 is 0. The number of rotatable bonds is 7. The molecule has 8 heteroatoms. The van der Waals surface area contributed by atoms with Gasteiger partial charge in [-0.2, -0.15) is 5.10 Å². The fourth-order valence-corrected chi connectivity index (χ4v) is 2.58. The standard InChI is InChI=1S/C23H20N2O6/c1-2-30-18-10-5-16(6-11-18)23(29)31-19-8-3-15(4-9-19)14-24-25-22(28)20-12-7-17(26)13-21(20)27/h3-14,26-27H,2H2,1H3,(H,25,28)/b24-14+. The molecule has 158 valence electrons. The van der Waals surface area contributed by atoms with Crippen LogP contribution in [0, 0.1) is 0 Å². The Morgan fingerprint density at radius 2 is 1.65 bits per heavy atom. The fourth-order valence-electron chi connectivity index (χ4n) is 2.58. The molecule has 0 spiro atoms.